The predicted octanol–water partition coefficient (Wildman–Crippen LogP) is 5.30. The molecule has 0 amide bonds. The van der Waals surface area contributed by atoms with Crippen molar-refractivity contribution in [3.8, 4) is 17.1 Å². The maximum absolute atomic E-state index is 16.9. The van der Waals surface area contributed by atoms with E-state index in [9.17, 15) is 4.39 Å². The zero-order valence-electron chi connectivity index (χ0n) is 25.3. The van der Waals surface area contributed by atoms with Crippen LogP contribution in [0.2, 0.25) is 5.02 Å². The molecular weight excluding hydrogens is 618 g/mol. The summed E-state index contributed by atoms with van der Waals surface area (Å²) in [6, 6.07) is 5.49. The minimum absolute atomic E-state index is 0.00943. The van der Waals surface area contributed by atoms with Crippen LogP contribution in [-0.2, 0) is 0 Å². The first-order chi connectivity index (χ1) is 21.8. The van der Waals surface area contributed by atoms with Crippen molar-refractivity contribution in [2.75, 3.05) is 63.6 Å². The molecule has 2 aromatic carbocycles. The third-order valence-electron chi connectivity index (χ3n) is 10.5. The third-order valence-corrected chi connectivity index (χ3v) is 11.6. The van der Waals surface area contributed by atoms with Gasteiger partial charge in [-0.25, -0.2) is 13.8 Å². The Hall–Kier alpha value is -2.90. The first-order valence-electron chi connectivity index (χ1n) is 15.9. The van der Waals surface area contributed by atoms with Gasteiger partial charge in [0.25, 0.3) is 0 Å². The summed E-state index contributed by atoms with van der Waals surface area (Å²) in [6.45, 7) is 6.12. The fourth-order valence-electron chi connectivity index (χ4n) is 8.34. The van der Waals surface area contributed by atoms with Crippen LogP contribution >= 0.6 is 22.9 Å². The lowest BCUT2D eigenvalue weighted by atomic mass is 9.95. The molecule has 6 heterocycles. The van der Waals surface area contributed by atoms with E-state index >= 15 is 4.39 Å². The zero-order valence-corrected chi connectivity index (χ0v) is 26.9. The molecule has 2 atom stereocenters. The number of halogens is 3. The van der Waals surface area contributed by atoms with Crippen LogP contribution in [0.1, 0.15) is 38.5 Å². The van der Waals surface area contributed by atoms with Crippen LogP contribution in [0.15, 0.2) is 18.2 Å². The molecule has 2 aromatic heterocycles. The highest BCUT2D eigenvalue weighted by Crippen LogP contribution is 2.44. The molecule has 8 rings (SSSR count). The van der Waals surface area contributed by atoms with Crippen LogP contribution in [-0.4, -0.2) is 95.3 Å². The van der Waals surface area contributed by atoms with E-state index in [2.05, 4.69) is 25.0 Å². The first kappa shape index (κ1) is 29.5. The van der Waals surface area contributed by atoms with Crippen LogP contribution < -0.4 is 20.7 Å². The summed E-state index contributed by atoms with van der Waals surface area (Å²) in [4.78, 5) is 21.4. The monoisotopic (exact) mass is 654 g/mol. The molecule has 13 heteroatoms. The number of aromatic nitrogens is 3. The van der Waals surface area contributed by atoms with E-state index in [1.807, 2.05) is 7.05 Å². The summed E-state index contributed by atoms with van der Waals surface area (Å²) in [7, 11) is 1.98. The molecule has 4 aliphatic rings. The molecule has 0 saturated carbocycles. The molecule has 4 aliphatic heterocycles. The number of ether oxygens (including phenoxy) is 1. The maximum Gasteiger partial charge on any atom is 0.319 e. The maximum atomic E-state index is 16.9. The largest absolute Gasteiger partial charge is 0.461 e. The number of piperazine rings is 1. The fraction of sp³-hybridized carbons (Fsp3) is 0.531. The number of benzene rings is 2. The molecule has 9 nitrogen and oxygen atoms in total. The van der Waals surface area contributed by atoms with Crippen molar-refractivity contribution in [3.63, 3.8) is 0 Å². The summed E-state index contributed by atoms with van der Waals surface area (Å²) in [5.74, 6) is -0.430. The van der Waals surface area contributed by atoms with Gasteiger partial charge in [-0.2, -0.15) is 9.97 Å². The van der Waals surface area contributed by atoms with Gasteiger partial charge in [0.05, 0.1) is 20.8 Å². The molecule has 0 spiro atoms. The molecule has 4 saturated heterocycles. The summed E-state index contributed by atoms with van der Waals surface area (Å²) in [5, 5.41) is 4.19. The van der Waals surface area contributed by atoms with E-state index in [0.29, 0.717) is 35.5 Å². The number of nitrogens with two attached hydrogens (primary N) is 1. The Morgan fingerprint density at radius 3 is 2.58 bits per heavy atom. The van der Waals surface area contributed by atoms with E-state index in [1.165, 1.54) is 12.1 Å². The van der Waals surface area contributed by atoms with Crippen molar-refractivity contribution in [3.05, 3.63) is 34.9 Å². The van der Waals surface area contributed by atoms with Crippen LogP contribution in [0.4, 0.5) is 19.7 Å². The molecule has 4 aromatic rings. The zero-order chi connectivity index (χ0) is 30.9. The van der Waals surface area contributed by atoms with E-state index in [4.69, 9.17) is 32.0 Å². The van der Waals surface area contributed by atoms with E-state index in [0.717, 1.165) is 89.1 Å². The third kappa shape index (κ3) is 4.91. The number of nitrogens with one attached hydrogen (secondary N) is 1. The highest BCUT2D eigenvalue weighted by atomic mass is 35.5. The van der Waals surface area contributed by atoms with Crippen LogP contribution in [0.5, 0.6) is 6.01 Å². The first-order valence-corrected chi connectivity index (χ1v) is 17.1. The second-order valence-electron chi connectivity index (χ2n) is 12.9. The van der Waals surface area contributed by atoms with Crippen molar-refractivity contribution >= 4 is 55.0 Å². The molecule has 2 bridgehead atoms. The Morgan fingerprint density at radius 2 is 1.84 bits per heavy atom. The predicted molar refractivity (Wildman–Crippen MR) is 175 cm³/mol. The second-order valence-corrected chi connectivity index (χ2v) is 14.4. The number of thiazole rings is 1. The van der Waals surface area contributed by atoms with Crippen LogP contribution in [0.3, 0.4) is 0 Å². The average molecular weight is 655 g/mol. The van der Waals surface area contributed by atoms with Gasteiger partial charge in [-0.3, -0.25) is 9.80 Å². The number of likely N-dealkylation sites (N-methyl/N-ethyl adjacent to an activating group) is 1. The van der Waals surface area contributed by atoms with Gasteiger partial charge in [0.2, 0.25) is 0 Å². The van der Waals surface area contributed by atoms with Gasteiger partial charge in [0, 0.05) is 54.8 Å². The Morgan fingerprint density at radius 1 is 1.09 bits per heavy atom. The van der Waals surface area contributed by atoms with E-state index in [-0.39, 0.29) is 43.0 Å². The molecule has 0 unspecified atom stereocenters. The molecule has 4 fully saturated rings. The van der Waals surface area contributed by atoms with Gasteiger partial charge in [0.1, 0.15) is 23.8 Å². The summed E-state index contributed by atoms with van der Waals surface area (Å²) in [5.41, 5.74) is 6.82. The Labute approximate surface area is 269 Å². The van der Waals surface area contributed by atoms with Gasteiger partial charge in [0.15, 0.2) is 10.9 Å². The van der Waals surface area contributed by atoms with E-state index in [1.54, 1.807) is 6.07 Å². The van der Waals surface area contributed by atoms with Crippen LogP contribution in [0, 0.1) is 11.6 Å². The number of hydrogen-bond acceptors (Lipinski definition) is 10. The molecule has 238 valence electrons. The quantitative estimate of drug-likeness (QED) is 0.262. The molecule has 3 N–H and O–H groups in total. The minimum atomic E-state index is -0.609. The van der Waals surface area contributed by atoms with Crippen molar-refractivity contribution in [1.29, 1.82) is 0 Å². The van der Waals surface area contributed by atoms with Crippen molar-refractivity contribution in [2.24, 2.45) is 0 Å². The highest BCUT2D eigenvalue weighted by molar-refractivity contribution is 7.22. The summed E-state index contributed by atoms with van der Waals surface area (Å²) >= 11 is 7.91. The average Bonchev–Trinajstić information content (AvgIpc) is 3.77. The number of rotatable bonds is 8. The van der Waals surface area contributed by atoms with Gasteiger partial charge in [-0.1, -0.05) is 22.9 Å². The lowest BCUT2D eigenvalue weighted by Gasteiger charge is -2.42. The van der Waals surface area contributed by atoms with Crippen molar-refractivity contribution in [2.45, 2.75) is 56.1 Å². The lowest BCUT2D eigenvalue weighted by Crippen LogP contribution is -2.55. The highest BCUT2D eigenvalue weighted by Gasteiger charge is 2.45. The molecule has 0 aliphatic carbocycles. The van der Waals surface area contributed by atoms with Gasteiger partial charge in [-0.15, -0.1) is 0 Å². The standard InChI is InChI=1S/C32H37ClF2N8OS/c1-37-10-13-43-18-4-5-19(43)16-41(15-18)29-21-14-22(33)24(20-6-7-23(34)28-27(20)38-30(36)45-28)25(35)26(21)39-31(40-29)44-17-32-8-2-11-42(32)12-3-9-32/h6-7,14,18-19,37H,2-5,8-13,15-17H2,1H3,(H2,36,38)/t18-,19+. The number of hydrogen-bond donors (Lipinski definition) is 2. The minimum Gasteiger partial charge on any atom is -0.461 e. The van der Waals surface area contributed by atoms with Crippen molar-refractivity contribution < 1.29 is 13.5 Å². The van der Waals surface area contributed by atoms with Gasteiger partial charge >= 0.3 is 6.01 Å². The van der Waals surface area contributed by atoms with Gasteiger partial charge < -0.3 is 20.7 Å². The normalized spacial score (nSPS) is 23.1. The Balaban J connectivity index is 1.24. The number of anilines is 2. The second kappa shape index (κ2) is 11.4. The topological polar surface area (TPSA) is 95.7 Å². The Bertz CT molecular complexity index is 1760. The molecule has 0 radical (unpaired) electrons. The number of fused-ring (bicyclic) bond motifs is 5. The molecule has 45 heavy (non-hydrogen) atoms. The van der Waals surface area contributed by atoms with E-state index < -0.39 is 11.6 Å². The molecular formula is C32H37ClF2N8OS. The smallest absolute Gasteiger partial charge is 0.319 e. The lowest BCUT2D eigenvalue weighted by molar-refractivity contribution is 0.107. The summed E-state index contributed by atoms with van der Waals surface area (Å²) in [6.07, 6.45) is 6.70. The van der Waals surface area contributed by atoms with Crippen molar-refractivity contribution in [1.82, 2.24) is 30.1 Å². The summed E-state index contributed by atoms with van der Waals surface area (Å²) < 4.78 is 38.2. The Kier molecular flexibility index (Phi) is 7.48. The fourth-order valence-corrected chi connectivity index (χ4v) is 9.39. The van der Waals surface area contributed by atoms with Gasteiger partial charge in [-0.05, 0) is 76.9 Å². The number of nitrogen functional groups attached to an aromatic ring is 1. The SMILES string of the molecule is CNCCN1[C@@H]2CC[C@H]1CN(c1nc(OCC34CCCN3CCC4)nc3c(F)c(-c4ccc(F)c5sc(N)nc45)c(Cl)cc13)C2. The van der Waals surface area contributed by atoms with Crippen LogP contribution in [0.25, 0.3) is 32.2 Å². The number of nitrogens with zero attached hydrogens (tertiary/aromatic N) is 6.